The molecule has 2 unspecified atom stereocenters. The highest BCUT2D eigenvalue weighted by molar-refractivity contribution is 7.90. The van der Waals surface area contributed by atoms with Crippen LogP contribution >= 0.6 is 0 Å². The second-order valence-electron chi connectivity index (χ2n) is 8.56. The van der Waals surface area contributed by atoms with Crippen molar-refractivity contribution in [1.82, 2.24) is 4.31 Å². The van der Waals surface area contributed by atoms with Gasteiger partial charge in [0.05, 0.1) is 23.8 Å². The van der Waals surface area contributed by atoms with Crippen molar-refractivity contribution < 1.29 is 17.9 Å². The van der Waals surface area contributed by atoms with Gasteiger partial charge in [-0.3, -0.25) is 4.79 Å². The van der Waals surface area contributed by atoms with Crippen LogP contribution in [0.4, 0.5) is 0 Å². The minimum Gasteiger partial charge on any atom is -0.381 e. The molecule has 5 nitrogen and oxygen atoms in total. The van der Waals surface area contributed by atoms with Crippen LogP contribution in [-0.2, 0) is 19.6 Å². The van der Waals surface area contributed by atoms with Gasteiger partial charge in [0.2, 0.25) is 15.9 Å². The van der Waals surface area contributed by atoms with Gasteiger partial charge in [0.15, 0.2) is 0 Å². The molecule has 3 rings (SSSR count). The van der Waals surface area contributed by atoms with Gasteiger partial charge >= 0.3 is 0 Å². The van der Waals surface area contributed by atoms with E-state index in [0.29, 0.717) is 18.8 Å². The van der Waals surface area contributed by atoms with E-state index in [1.54, 1.807) is 14.0 Å². The number of carbonyl (C=O) groups is 1. The summed E-state index contributed by atoms with van der Waals surface area (Å²) in [5.41, 5.74) is -0.319. The van der Waals surface area contributed by atoms with Crippen LogP contribution in [0.1, 0.15) is 52.9 Å². The highest BCUT2D eigenvalue weighted by atomic mass is 32.2. The molecule has 2 aliphatic carbocycles. The Morgan fingerprint density at radius 1 is 1.44 bits per heavy atom. The van der Waals surface area contributed by atoms with Crippen LogP contribution in [0, 0.1) is 35.0 Å². The van der Waals surface area contributed by atoms with E-state index in [2.05, 4.69) is 19.8 Å². The zero-order valence-corrected chi connectivity index (χ0v) is 16.4. The van der Waals surface area contributed by atoms with E-state index in [0.717, 1.165) is 19.3 Å². The molecule has 25 heavy (non-hydrogen) atoms. The highest BCUT2D eigenvalue weighted by Crippen LogP contribution is 2.70. The Morgan fingerprint density at radius 2 is 2.12 bits per heavy atom. The number of fused-ring (bicyclic) bond motifs is 1. The van der Waals surface area contributed by atoms with Gasteiger partial charge in [-0.1, -0.05) is 20.8 Å². The largest absolute Gasteiger partial charge is 0.381 e. The molecule has 1 saturated heterocycles. The summed E-state index contributed by atoms with van der Waals surface area (Å²) in [5, 5.41) is 0. The first-order valence-corrected chi connectivity index (χ1v) is 10.8. The number of terminal acetylenes is 1. The summed E-state index contributed by atoms with van der Waals surface area (Å²) in [6.07, 6.45) is 8.78. The number of methoxy groups -OCH3 is 1. The summed E-state index contributed by atoms with van der Waals surface area (Å²) in [5.74, 6) is 2.31. The van der Waals surface area contributed by atoms with Crippen molar-refractivity contribution in [3.8, 4) is 12.3 Å². The first-order valence-electron chi connectivity index (χ1n) is 9.14. The van der Waals surface area contributed by atoms with Gasteiger partial charge in [-0.2, -0.15) is 0 Å². The number of nitrogens with zero attached hydrogens (tertiary/aromatic N) is 1. The third-order valence-electron chi connectivity index (χ3n) is 7.45. The first kappa shape index (κ1) is 18.7. The maximum absolute atomic E-state index is 13.2. The molecule has 1 spiro atoms. The zero-order chi connectivity index (χ0) is 18.6. The molecule has 6 heteroatoms. The van der Waals surface area contributed by atoms with Gasteiger partial charge in [-0.25, -0.2) is 12.7 Å². The van der Waals surface area contributed by atoms with Crippen molar-refractivity contribution in [2.45, 2.75) is 65.0 Å². The minimum atomic E-state index is -3.58. The molecular formula is C19H29NO4S. The van der Waals surface area contributed by atoms with Crippen molar-refractivity contribution in [3.05, 3.63) is 0 Å². The third kappa shape index (κ3) is 2.46. The third-order valence-corrected chi connectivity index (χ3v) is 9.37. The van der Waals surface area contributed by atoms with Crippen molar-refractivity contribution in [1.29, 1.82) is 0 Å². The standard InChI is InChI=1S/C19H29NO4S/c1-6-7-8-15(24-5)13(2)17(21)20-16-11-14-9-10-19(16,18(14,3)4)12-25(20,22)23/h1,13-16H,7-12H2,2-5H3/t13-,14?,15-,16?,19+/m1/s1. The summed E-state index contributed by atoms with van der Waals surface area (Å²) < 4.78 is 32.6. The molecule has 1 amide bonds. The topological polar surface area (TPSA) is 63.7 Å². The van der Waals surface area contributed by atoms with Gasteiger partial charge in [0.25, 0.3) is 0 Å². The van der Waals surface area contributed by atoms with Crippen LogP contribution in [0.25, 0.3) is 0 Å². The molecular weight excluding hydrogens is 338 g/mol. The zero-order valence-electron chi connectivity index (χ0n) is 15.6. The number of hydrogen-bond acceptors (Lipinski definition) is 4. The fraction of sp³-hybridized carbons (Fsp3) is 0.842. The van der Waals surface area contributed by atoms with Gasteiger partial charge < -0.3 is 4.74 Å². The first-order chi connectivity index (χ1) is 11.6. The van der Waals surface area contributed by atoms with E-state index in [1.807, 2.05) is 0 Å². The van der Waals surface area contributed by atoms with Crippen LogP contribution < -0.4 is 0 Å². The quantitative estimate of drug-likeness (QED) is 0.700. The predicted octanol–water partition coefficient (Wildman–Crippen LogP) is 2.42. The summed E-state index contributed by atoms with van der Waals surface area (Å²) in [7, 11) is -2.03. The van der Waals surface area contributed by atoms with Crippen LogP contribution in [0.15, 0.2) is 0 Å². The van der Waals surface area contributed by atoms with E-state index in [4.69, 9.17) is 11.2 Å². The van der Waals surface area contributed by atoms with Crippen molar-refractivity contribution >= 4 is 15.9 Å². The van der Waals surface area contributed by atoms with Crippen molar-refractivity contribution in [3.63, 3.8) is 0 Å². The lowest BCUT2D eigenvalue weighted by Gasteiger charge is -2.37. The van der Waals surface area contributed by atoms with Crippen LogP contribution in [0.2, 0.25) is 0 Å². The molecule has 1 aliphatic heterocycles. The maximum atomic E-state index is 13.2. The number of ether oxygens (including phenoxy) is 1. The summed E-state index contributed by atoms with van der Waals surface area (Å²) in [4.78, 5) is 13.2. The normalized spacial score (nSPS) is 36.7. The predicted molar refractivity (Wildman–Crippen MR) is 96.0 cm³/mol. The second-order valence-corrected chi connectivity index (χ2v) is 10.4. The number of amides is 1. The Balaban J connectivity index is 1.90. The monoisotopic (exact) mass is 367 g/mol. The van der Waals surface area contributed by atoms with E-state index in [-0.39, 0.29) is 34.6 Å². The molecule has 0 N–H and O–H groups in total. The van der Waals surface area contributed by atoms with Gasteiger partial charge in [0, 0.05) is 18.9 Å². The Morgan fingerprint density at radius 3 is 2.68 bits per heavy atom. The van der Waals surface area contributed by atoms with E-state index in [9.17, 15) is 13.2 Å². The average Bonchev–Trinajstić information content (AvgIpc) is 3.02. The van der Waals surface area contributed by atoms with Gasteiger partial charge in [-0.15, -0.1) is 12.3 Å². The summed E-state index contributed by atoms with van der Waals surface area (Å²) in [6, 6.07) is -0.189. The molecule has 5 atom stereocenters. The Labute approximate surface area is 151 Å². The van der Waals surface area contributed by atoms with E-state index < -0.39 is 15.9 Å². The highest BCUT2D eigenvalue weighted by Gasteiger charge is 2.72. The van der Waals surface area contributed by atoms with Gasteiger partial charge in [-0.05, 0) is 37.0 Å². The van der Waals surface area contributed by atoms with Crippen molar-refractivity contribution in [2.75, 3.05) is 12.9 Å². The molecule has 2 bridgehead atoms. The fourth-order valence-corrected chi connectivity index (χ4v) is 8.35. The average molecular weight is 368 g/mol. The summed E-state index contributed by atoms with van der Waals surface area (Å²) in [6.45, 7) is 6.12. The van der Waals surface area contributed by atoms with E-state index >= 15 is 0 Å². The Bertz CT molecular complexity index is 707. The molecule has 140 valence electrons. The lowest BCUT2D eigenvalue weighted by Crippen LogP contribution is -2.48. The smallest absolute Gasteiger partial charge is 0.241 e. The molecule has 3 fully saturated rings. The molecule has 0 radical (unpaired) electrons. The van der Waals surface area contributed by atoms with Crippen molar-refractivity contribution in [2.24, 2.45) is 22.7 Å². The molecule has 0 aromatic rings. The summed E-state index contributed by atoms with van der Waals surface area (Å²) >= 11 is 0. The lowest BCUT2D eigenvalue weighted by molar-refractivity contribution is -0.137. The Hall–Kier alpha value is -1.06. The number of carbonyl (C=O) groups excluding carboxylic acids is 1. The number of hydrogen-bond donors (Lipinski definition) is 0. The number of sulfonamides is 1. The van der Waals surface area contributed by atoms with Crippen LogP contribution in [0.3, 0.4) is 0 Å². The Kier molecular flexibility index (Phi) is 4.49. The SMILES string of the molecule is C#CCC[C@@H](OC)[C@@H](C)C(=O)N1C2CC3CC[C@@]2(CS1(=O)=O)C3(C)C. The minimum absolute atomic E-state index is 0.0346. The molecule has 2 saturated carbocycles. The van der Waals surface area contributed by atoms with Crippen LogP contribution in [0.5, 0.6) is 0 Å². The van der Waals surface area contributed by atoms with E-state index in [1.165, 1.54) is 4.31 Å². The molecule has 1 heterocycles. The molecule has 0 aromatic heterocycles. The van der Waals surface area contributed by atoms with Crippen LogP contribution in [-0.4, -0.2) is 43.6 Å². The fourth-order valence-electron chi connectivity index (χ4n) is 5.74. The lowest BCUT2D eigenvalue weighted by atomic mass is 9.69. The van der Waals surface area contributed by atoms with Gasteiger partial charge in [0.1, 0.15) is 0 Å². The second kappa shape index (κ2) is 5.99. The maximum Gasteiger partial charge on any atom is 0.241 e. The molecule has 0 aromatic carbocycles. The number of rotatable bonds is 5. The molecule has 3 aliphatic rings.